The van der Waals surface area contributed by atoms with Crippen molar-refractivity contribution in [1.82, 2.24) is 5.01 Å². The van der Waals surface area contributed by atoms with E-state index in [1.165, 1.54) is 31.4 Å². The molecule has 0 aliphatic carbocycles. The zero-order chi connectivity index (χ0) is 22.1. The molecule has 1 N–H and O–H groups in total. The molecule has 0 spiro atoms. The van der Waals surface area contributed by atoms with E-state index < -0.39 is 35.6 Å². The number of hydrogen-bond donors (Lipinski definition) is 1. The van der Waals surface area contributed by atoms with Crippen LogP contribution in [-0.2, 0) is 14.4 Å². The predicted molar refractivity (Wildman–Crippen MR) is 106 cm³/mol. The Hall–Kier alpha value is -4.02. The normalized spacial score (nSPS) is 19.6. The molecule has 0 radical (unpaired) electrons. The second-order valence-corrected chi connectivity index (χ2v) is 6.83. The summed E-state index contributed by atoms with van der Waals surface area (Å²) in [5.74, 6) is -1.15. The van der Waals surface area contributed by atoms with Gasteiger partial charge in [-0.1, -0.05) is 5.22 Å². The van der Waals surface area contributed by atoms with E-state index in [2.05, 4.69) is 15.7 Å². The summed E-state index contributed by atoms with van der Waals surface area (Å²) in [6.07, 6.45) is 0. The number of ether oxygens (including phenoxy) is 2. The van der Waals surface area contributed by atoms with Gasteiger partial charge in [0.05, 0.1) is 19.9 Å². The minimum atomic E-state index is -1.05. The molecular formula is C20H18FN5O5. The van der Waals surface area contributed by atoms with E-state index in [4.69, 9.17) is 9.47 Å². The van der Waals surface area contributed by atoms with Crippen LogP contribution in [0.4, 0.5) is 15.8 Å². The quantitative estimate of drug-likeness (QED) is 0.703. The number of halogens is 1. The molecule has 2 atom stereocenters. The molecule has 1 fully saturated rings. The summed E-state index contributed by atoms with van der Waals surface area (Å²) in [6, 6.07) is 7.74. The minimum absolute atomic E-state index is 0.230. The van der Waals surface area contributed by atoms with Crippen LogP contribution in [0.25, 0.3) is 0 Å². The third-order valence-corrected chi connectivity index (χ3v) is 4.88. The number of fused-ring (bicyclic) bond motifs is 1. The van der Waals surface area contributed by atoms with Crippen LogP contribution in [0.1, 0.15) is 0 Å². The average Bonchev–Trinajstić information content (AvgIpc) is 3.28. The summed E-state index contributed by atoms with van der Waals surface area (Å²) in [5, 5.41) is 11.5. The van der Waals surface area contributed by atoms with Crippen LogP contribution in [0.15, 0.2) is 52.8 Å². The molecule has 0 aromatic heterocycles. The molecule has 0 bridgehead atoms. The van der Waals surface area contributed by atoms with Crippen molar-refractivity contribution < 1.29 is 28.2 Å². The highest BCUT2D eigenvalue weighted by molar-refractivity contribution is 6.25. The van der Waals surface area contributed by atoms with Crippen molar-refractivity contribution in [1.29, 1.82) is 0 Å². The molecule has 0 unspecified atom stereocenters. The number of imide groups is 1. The molecule has 2 aromatic rings. The summed E-state index contributed by atoms with van der Waals surface area (Å²) in [4.78, 5) is 39.0. The van der Waals surface area contributed by atoms with Gasteiger partial charge in [-0.3, -0.25) is 19.4 Å². The number of rotatable bonds is 6. The van der Waals surface area contributed by atoms with Crippen molar-refractivity contribution in [2.24, 2.45) is 10.3 Å². The van der Waals surface area contributed by atoms with Gasteiger partial charge in [-0.15, -0.1) is 0 Å². The third-order valence-electron chi connectivity index (χ3n) is 4.88. The van der Waals surface area contributed by atoms with E-state index in [-0.39, 0.29) is 12.2 Å². The molecule has 160 valence electrons. The van der Waals surface area contributed by atoms with Gasteiger partial charge < -0.3 is 14.8 Å². The minimum Gasteiger partial charge on any atom is -0.497 e. The number of carbonyl (C=O) groups excluding carboxylic acids is 3. The monoisotopic (exact) mass is 427 g/mol. The van der Waals surface area contributed by atoms with Crippen LogP contribution in [0.5, 0.6) is 11.5 Å². The molecular weight excluding hydrogens is 409 g/mol. The van der Waals surface area contributed by atoms with Crippen molar-refractivity contribution in [2.75, 3.05) is 31.0 Å². The Morgan fingerprint density at radius 3 is 2.32 bits per heavy atom. The highest BCUT2D eigenvalue weighted by Crippen LogP contribution is 2.32. The lowest BCUT2D eigenvalue weighted by Crippen LogP contribution is -2.43. The lowest BCUT2D eigenvalue weighted by Gasteiger charge is -2.20. The number of benzene rings is 2. The fourth-order valence-electron chi connectivity index (χ4n) is 3.43. The van der Waals surface area contributed by atoms with Crippen molar-refractivity contribution in [3.63, 3.8) is 0 Å². The molecule has 3 amide bonds. The molecule has 11 heteroatoms. The van der Waals surface area contributed by atoms with E-state index in [0.29, 0.717) is 17.2 Å². The standard InChI is InChI=1S/C20H18FN5O5/c1-30-14-7-12(8-15(9-14)31-2)22-16(27)10-25-18-17(23-24-25)19(28)26(20(18)29)13-5-3-11(21)4-6-13/h3-9,17-18H,10H2,1-2H3,(H,22,27)/t17-,18-/m0/s1. The van der Waals surface area contributed by atoms with Crippen LogP contribution in [-0.4, -0.2) is 55.6 Å². The van der Waals surface area contributed by atoms with Crippen LogP contribution >= 0.6 is 0 Å². The Morgan fingerprint density at radius 1 is 1.06 bits per heavy atom. The van der Waals surface area contributed by atoms with Crippen molar-refractivity contribution >= 4 is 29.1 Å². The summed E-state index contributed by atoms with van der Waals surface area (Å²) in [7, 11) is 2.97. The second kappa shape index (κ2) is 8.01. The Bertz CT molecular complexity index is 1050. The van der Waals surface area contributed by atoms with Gasteiger partial charge in [0.15, 0.2) is 12.1 Å². The molecule has 2 aliphatic rings. The summed E-state index contributed by atoms with van der Waals surface area (Å²) >= 11 is 0. The molecule has 2 heterocycles. The Morgan fingerprint density at radius 2 is 1.71 bits per heavy atom. The average molecular weight is 427 g/mol. The summed E-state index contributed by atoms with van der Waals surface area (Å²) in [5.41, 5.74) is 0.657. The van der Waals surface area contributed by atoms with Crippen LogP contribution in [0, 0.1) is 5.82 Å². The Kier molecular flexibility index (Phi) is 5.24. The number of hydrogen-bond acceptors (Lipinski definition) is 8. The maximum Gasteiger partial charge on any atom is 0.263 e. The lowest BCUT2D eigenvalue weighted by molar-refractivity contribution is -0.123. The van der Waals surface area contributed by atoms with E-state index in [9.17, 15) is 18.8 Å². The Balaban J connectivity index is 1.48. The van der Waals surface area contributed by atoms with Gasteiger partial charge in [0, 0.05) is 23.9 Å². The summed E-state index contributed by atoms with van der Waals surface area (Å²) in [6.45, 7) is -0.305. The number of carbonyl (C=O) groups is 3. The van der Waals surface area contributed by atoms with Gasteiger partial charge in [0.25, 0.3) is 11.8 Å². The zero-order valence-electron chi connectivity index (χ0n) is 16.6. The van der Waals surface area contributed by atoms with Gasteiger partial charge in [0.1, 0.15) is 23.9 Å². The van der Waals surface area contributed by atoms with Crippen molar-refractivity contribution in [2.45, 2.75) is 12.1 Å². The Labute approximate surface area is 176 Å². The molecule has 1 saturated heterocycles. The van der Waals surface area contributed by atoms with E-state index in [1.807, 2.05) is 0 Å². The van der Waals surface area contributed by atoms with Gasteiger partial charge in [-0.2, -0.15) is 5.11 Å². The smallest absolute Gasteiger partial charge is 0.263 e. The van der Waals surface area contributed by atoms with E-state index in [1.54, 1.807) is 18.2 Å². The summed E-state index contributed by atoms with van der Waals surface area (Å²) < 4.78 is 23.5. The molecule has 0 saturated carbocycles. The van der Waals surface area contributed by atoms with Crippen LogP contribution < -0.4 is 19.7 Å². The predicted octanol–water partition coefficient (Wildman–Crippen LogP) is 1.77. The number of methoxy groups -OCH3 is 2. The lowest BCUT2D eigenvalue weighted by atomic mass is 10.1. The first-order valence-electron chi connectivity index (χ1n) is 9.25. The molecule has 4 rings (SSSR count). The third kappa shape index (κ3) is 3.77. The number of amides is 3. The van der Waals surface area contributed by atoms with Crippen molar-refractivity contribution in [3.8, 4) is 11.5 Å². The maximum atomic E-state index is 13.2. The fraction of sp³-hybridized carbons (Fsp3) is 0.250. The topological polar surface area (TPSA) is 113 Å². The zero-order valence-corrected chi connectivity index (χ0v) is 16.6. The van der Waals surface area contributed by atoms with Gasteiger partial charge >= 0.3 is 0 Å². The highest BCUT2D eigenvalue weighted by atomic mass is 19.1. The molecule has 2 aromatic carbocycles. The fourth-order valence-corrected chi connectivity index (χ4v) is 3.43. The van der Waals surface area contributed by atoms with E-state index >= 15 is 0 Å². The first-order valence-corrected chi connectivity index (χ1v) is 9.25. The van der Waals surface area contributed by atoms with Crippen molar-refractivity contribution in [3.05, 3.63) is 48.3 Å². The second-order valence-electron chi connectivity index (χ2n) is 6.83. The SMILES string of the molecule is COc1cc(NC(=O)CN2N=N[C@@H]3C(=O)N(c4ccc(F)cc4)C(=O)[C@H]32)cc(OC)c1. The molecule has 31 heavy (non-hydrogen) atoms. The first kappa shape index (κ1) is 20.3. The van der Waals surface area contributed by atoms with Gasteiger partial charge in [-0.25, -0.2) is 9.29 Å². The first-order chi connectivity index (χ1) is 14.9. The maximum absolute atomic E-state index is 13.2. The number of nitrogens with one attached hydrogen (secondary N) is 1. The number of nitrogens with zero attached hydrogens (tertiary/aromatic N) is 4. The number of anilines is 2. The van der Waals surface area contributed by atoms with Crippen LogP contribution in [0.3, 0.4) is 0 Å². The van der Waals surface area contributed by atoms with Crippen LogP contribution in [0.2, 0.25) is 0 Å². The van der Waals surface area contributed by atoms with E-state index in [0.717, 1.165) is 17.0 Å². The highest BCUT2D eigenvalue weighted by Gasteiger charge is 2.55. The van der Waals surface area contributed by atoms with Gasteiger partial charge in [0.2, 0.25) is 5.91 Å². The van der Waals surface area contributed by atoms with Gasteiger partial charge in [-0.05, 0) is 24.3 Å². The largest absolute Gasteiger partial charge is 0.497 e. The molecule has 2 aliphatic heterocycles. The molecule has 10 nitrogen and oxygen atoms in total.